The predicted octanol–water partition coefficient (Wildman–Crippen LogP) is 9.05. The quantitative estimate of drug-likeness (QED) is 0.224. The number of ketones is 1. The average Bonchev–Trinajstić information content (AvgIpc) is 3.48. The van der Waals surface area contributed by atoms with E-state index in [1.807, 2.05) is 27.7 Å². The molecule has 6 rings (SSSR count). The summed E-state index contributed by atoms with van der Waals surface area (Å²) in [5.74, 6) is -0.727. The molecule has 0 unspecified atom stereocenters. The Balaban J connectivity index is 0.000000192. The molecule has 13 heteroatoms. The lowest BCUT2D eigenvalue weighted by molar-refractivity contribution is -0.161. The van der Waals surface area contributed by atoms with E-state index in [0.717, 1.165) is 25.7 Å². The molecule has 1 aliphatic heterocycles. The number of nitrogens with zero attached hydrogens (tertiary/aromatic N) is 2. The first-order valence-corrected chi connectivity index (χ1v) is 20.6. The Labute approximate surface area is 349 Å². The molecule has 3 N–H and O–H groups in total. The molecule has 57 heavy (non-hydrogen) atoms. The molecule has 0 radical (unpaired) electrons. The highest BCUT2D eigenvalue weighted by Gasteiger charge is 2.56. The number of esters is 2. The molecule has 0 bridgehead atoms. The van der Waals surface area contributed by atoms with Crippen LogP contribution in [0.25, 0.3) is 0 Å². The minimum absolute atomic E-state index is 0.102. The van der Waals surface area contributed by atoms with Crippen molar-refractivity contribution in [3.05, 3.63) is 58.1 Å². The van der Waals surface area contributed by atoms with Gasteiger partial charge in [-0.2, -0.15) is 0 Å². The largest absolute Gasteiger partial charge is 0.457 e. The number of carbonyl (C=O) groups is 3. The highest BCUT2D eigenvalue weighted by molar-refractivity contribution is 6.29. The highest BCUT2D eigenvalue weighted by Crippen LogP contribution is 2.53. The Morgan fingerprint density at radius 2 is 1.11 bits per heavy atom. The minimum atomic E-state index is -0.502. The lowest BCUT2D eigenvalue weighted by Crippen LogP contribution is -2.56. The van der Waals surface area contributed by atoms with Crippen molar-refractivity contribution in [2.45, 2.75) is 152 Å². The zero-order valence-electron chi connectivity index (χ0n) is 36.0. The number of ether oxygens (including phenoxy) is 4. The van der Waals surface area contributed by atoms with Gasteiger partial charge in [-0.25, -0.2) is 19.6 Å². The van der Waals surface area contributed by atoms with Crippen LogP contribution in [-0.4, -0.2) is 76.2 Å². The fourth-order valence-electron chi connectivity index (χ4n) is 10.6. The molecule has 3 heterocycles. The Morgan fingerprint density at radius 3 is 1.47 bits per heavy atom. The summed E-state index contributed by atoms with van der Waals surface area (Å²) in [6.07, 6.45) is 3.41. The second-order valence-corrected chi connectivity index (χ2v) is 21.6. The average molecular weight is 835 g/mol. The van der Waals surface area contributed by atoms with Gasteiger partial charge in [0.25, 0.3) is 0 Å². The number of hydrogen-bond donors (Lipinski definition) is 2. The summed E-state index contributed by atoms with van der Waals surface area (Å²) < 4.78 is 22.6. The van der Waals surface area contributed by atoms with E-state index in [1.54, 1.807) is 36.4 Å². The van der Waals surface area contributed by atoms with Crippen LogP contribution in [0.3, 0.4) is 0 Å². The molecule has 4 fully saturated rings. The third kappa shape index (κ3) is 11.5. The number of aliphatic hydroxyl groups excluding tert-OH is 1. The van der Waals surface area contributed by atoms with Crippen LogP contribution in [-0.2, 0) is 23.7 Å². The van der Waals surface area contributed by atoms with Crippen LogP contribution in [0.2, 0.25) is 10.3 Å². The van der Waals surface area contributed by atoms with Gasteiger partial charge in [0.2, 0.25) is 0 Å². The number of Topliss-reactive ketones (excluding diaryl/α,β-unsaturated/α-hetero) is 1. The van der Waals surface area contributed by atoms with Crippen LogP contribution in [0.1, 0.15) is 143 Å². The second kappa shape index (κ2) is 17.1. The van der Waals surface area contributed by atoms with E-state index in [1.165, 1.54) is 0 Å². The van der Waals surface area contributed by atoms with Gasteiger partial charge in [0.05, 0.1) is 18.3 Å². The Kier molecular flexibility index (Phi) is 14.1. The van der Waals surface area contributed by atoms with Crippen LogP contribution in [0.4, 0.5) is 0 Å². The zero-order chi connectivity index (χ0) is 43.0. The Bertz CT molecular complexity index is 1710. The maximum Gasteiger partial charge on any atom is 0.357 e. The predicted molar refractivity (Wildman–Crippen MR) is 221 cm³/mol. The normalized spacial score (nSPS) is 26.6. The molecule has 2 aromatic heterocycles. The fraction of sp³-hybridized carbons (Fsp3) is 0.705. The summed E-state index contributed by atoms with van der Waals surface area (Å²) in [5, 5.41) is 10.8. The summed E-state index contributed by atoms with van der Waals surface area (Å²) >= 11 is 11.6. The van der Waals surface area contributed by atoms with Gasteiger partial charge in [0.15, 0.2) is 0 Å². The van der Waals surface area contributed by atoms with E-state index in [4.69, 9.17) is 47.9 Å². The molecule has 2 aromatic rings. The molecule has 3 saturated carbocycles. The van der Waals surface area contributed by atoms with Crippen molar-refractivity contribution >= 4 is 40.9 Å². The number of hydrogen-bond acceptors (Lipinski definition) is 11. The first-order chi connectivity index (χ1) is 26.0. The van der Waals surface area contributed by atoms with E-state index in [-0.39, 0.29) is 79.1 Å². The molecular weight excluding hydrogens is 769 g/mol. The molecule has 318 valence electrons. The van der Waals surface area contributed by atoms with Gasteiger partial charge in [0.1, 0.15) is 46.5 Å². The molecule has 1 saturated heterocycles. The van der Waals surface area contributed by atoms with Crippen LogP contribution in [0, 0.1) is 32.5 Å². The van der Waals surface area contributed by atoms with E-state index in [9.17, 15) is 19.5 Å². The zero-order valence-corrected chi connectivity index (χ0v) is 37.5. The third-order valence-corrected chi connectivity index (χ3v) is 12.3. The maximum atomic E-state index is 12.3. The van der Waals surface area contributed by atoms with Crippen molar-refractivity contribution in [3.8, 4) is 0 Å². The number of halogens is 2. The van der Waals surface area contributed by atoms with Crippen LogP contribution >= 0.6 is 23.2 Å². The molecule has 4 aliphatic rings. The molecule has 0 atom stereocenters. The lowest BCUT2D eigenvalue weighted by atomic mass is 9.58. The van der Waals surface area contributed by atoms with Gasteiger partial charge < -0.3 is 29.8 Å². The number of nitrogens with two attached hydrogens (primary N) is 1. The summed E-state index contributed by atoms with van der Waals surface area (Å²) in [4.78, 5) is 44.5. The van der Waals surface area contributed by atoms with Crippen LogP contribution in [0.5, 0.6) is 0 Å². The lowest BCUT2D eigenvalue weighted by Gasteiger charge is -2.52. The number of carbonyl (C=O) groups excluding carboxylic acids is 3. The van der Waals surface area contributed by atoms with Crippen molar-refractivity contribution in [2.75, 3.05) is 13.4 Å². The van der Waals surface area contributed by atoms with Gasteiger partial charge in [-0.15, -0.1) is 0 Å². The number of pyridine rings is 2. The standard InChI is InChI=1S/C16H23ClN2O2.C16H20ClNO3.C12H22O3/c1-15(2)8-10(18)9-16(3,4)14(15)21-13(20)11-6-5-7-12(17)19-11;1-15(2)8-10(19)9-16(3,4)14(15)21-13(20)11-6-5-7-12(17)18-11;1-10(2)5-12(7-14-8-15-12)6-11(3,4)9(10)13/h5-7,10,14H,8-9,18H2,1-4H3;5-7,14H,8-9H2,1-4H3;9,13H,5-8H2,1-4H3. The van der Waals surface area contributed by atoms with Crippen LogP contribution < -0.4 is 5.73 Å². The van der Waals surface area contributed by atoms with Crippen molar-refractivity contribution in [3.63, 3.8) is 0 Å². The number of rotatable bonds is 4. The molecule has 1 spiro atoms. The number of aromatic nitrogens is 2. The highest BCUT2D eigenvalue weighted by atomic mass is 35.5. The van der Waals surface area contributed by atoms with Gasteiger partial charge in [0, 0.05) is 40.5 Å². The van der Waals surface area contributed by atoms with Crippen molar-refractivity contribution in [2.24, 2.45) is 38.2 Å². The van der Waals surface area contributed by atoms with Crippen molar-refractivity contribution in [1.82, 2.24) is 9.97 Å². The van der Waals surface area contributed by atoms with Crippen molar-refractivity contribution in [1.29, 1.82) is 0 Å². The Hall–Kier alpha value is -2.67. The SMILES string of the molecule is CC1(C)CC(=O)CC(C)(C)C1OC(=O)c1cccc(Cl)n1.CC1(C)CC(N)CC(C)(C)C1OC(=O)c1cccc(Cl)n1.CC1(C)CC2(COCO2)CC(C)(C)C1O. The van der Waals surface area contributed by atoms with E-state index < -0.39 is 22.8 Å². The van der Waals surface area contributed by atoms with E-state index in [0.29, 0.717) is 26.2 Å². The summed E-state index contributed by atoms with van der Waals surface area (Å²) in [5.41, 5.74) is 5.07. The fourth-order valence-corrected chi connectivity index (χ4v) is 11.0. The molecule has 3 aliphatic carbocycles. The number of aliphatic hydroxyl groups is 1. The Morgan fingerprint density at radius 1 is 0.702 bits per heavy atom. The van der Waals surface area contributed by atoms with E-state index in [2.05, 4.69) is 65.4 Å². The summed E-state index contributed by atoms with van der Waals surface area (Å²) in [6.45, 7) is 25.7. The minimum Gasteiger partial charge on any atom is -0.457 e. The smallest absolute Gasteiger partial charge is 0.357 e. The first-order valence-electron chi connectivity index (χ1n) is 19.9. The molecule has 0 amide bonds. The molecule has 0 aromatic carbocycles. The van der Waals surface area contributed by atoms with Gasteiger partial charge >= 0.3 is 11.9 Å². The maximum absolute atomic E-state index is 12.3. The van der Waals surface area contributed by atoms with Gasteiger partial charge in [-0.05, 0) is 60.8 Å². The second-order valence-electron chi connectivity index (χ2n) is 20.8. The third-order valence-electron chi connectivity index (χ3n) is 11.9. The summed E-state index contributed by atoms with van der Waals surface area (Å²) in [7, 11) is 0. The molecule has 11 nitrogen and oxygen atoms in total. The van der Waals surface area contributed by atoms with Crippen molar-refractivity contribution < 1.29 is 38.4 Å². The molecular formula is C44H65Cl2N3O8. The summed E-state index contributed by atoms with van der Waals surface area (Å²) in [6, 6.07) is 9.91. The van der Waals surface area contributed by atoms with Gasteiger partial charge in [-0.3, -0.25) is 4.79 Å². The topological polar surface area (TPSA) is 160 Å². The monoisotopic (exact) mass is 833 g/mol. The van der Waals surface area contributed by atoms with Gasteiger partial charge in [-0.1, -0.05) is 118 Å². The van der Waals surface area contributed by atoms with Crippen LogP contribution in [0.15, 0.2) is 36.4 Å². The van der Waals surface area contributed by atoms with E-state index >= 15 is 0 Å². The first kappa shape index (κ1) is 47.0.